The number of nitrogens with zero attached hydrogens (tertiary/aromatic N) is 2. The lowest BCUT2D eigenvalue weighted by molar-refractivity contribution is 0.0671. The van der Waals surface area contributed by atoms with Crippen LogP contribution in [0, 0.1) is 0 Å². The molecule has 0 radical (unpaired) electrons. The van der Waals surface area contributed by atoms with Gasteiger partial charge in [-0.15, -0.1) is 0 Å². The molecule has 0 heterocycles. The summed E-state index contributed by atoms with van der Waals surface area (Å²) in [6.07, 6.45) is 0.733. The van der Waals surface area contributed by atoms with Gasteiger partial charge in [-0.3, -0.25) is 4.79 Å². The van der Waals surface area contributed by atoms with Crippen molar-refractivity contribution >= 4 is 33.3 Å². The van der Waals surface area contributed by atoms with E-state index in [9.17, 15) is 13.2 Å². The Hall–Kier alpha value is -2.25. The molecule has 0 spiro atoms. The van der Waals surface area contributed by atoms with Gasteiger partial charge in [0.05, 0.1) is 16.3 Å². The Balaban J connectivity index is 2.51. The lowest BCUT2D eigenvalue weighted by Crippen LogP contribution is -2.38. The van der Waals surface area contributed by atoms with Crippen molar-refractivity contribution in [2.75, 3.05) is 23.7 Å². The van der Waals surface area contributed by atoms with Gasteiger partial charge in [0.25, 0.3) is 5.91 Å². The Morgan fingerprint density at radius 2 is 1.72 bits per heavy atom. The highest BCUT2D eigenvalue weighted by molar-refractivity contribution is 7.87. The normalized spacial score (nSPS) is 12.3. The molecule has 2 aromatic rings. The van der Waals surface area contributed by atoms with Crippen molar-refractivity contribution in [3.63, 3.8) is 0 Å². The Bertz CT molecular complexity index is 1020. The van der Waals surface area contributed by atoms with Crippen molar-refractivity contribution in [2.45, 2.75) is 53.6 Å². The van der Waals surface area contributed by atoms with E-state index in [2.05, 4.69) is 4.90 Å². The molecule has 32 heavy (non-hydrogen) atoms. The van der Waals surface area contributed by atoms with E-state index < -0.39 is 10.1 Å². The first-order valence-corrected chi connectivity index (χ1v) is 13.0. The van der Waals surface area contributed by atoms with Gasteiger partial charge in [-0.2, -0.15) is 8.42 Å². The minimum absolute atomic E-state index is 0.0862. The molecule has 0 bridgehead atoms. The molecule has 0 saturated heterocycles. The second kappa shape index (κ2) is 11.6. The Morgan fingerprint density at radius 3 is 2.28 bits per heavy atom. The van der Waals surface area contributed by atoms with E-state index in [0.29, 0.717) is 16.1 Å². The van der Waals surface area contributed by atoms with E-state index in [1.165, 1.54) is 6.92 Å². The summed E-state index contributed by atoms with van der Waals surface area (Å²) in [6.45, 7) is 11.3. The minimum Gasteiger partial charge on any atom is -0.382 e. The number of carbonyl (C=O) groups excluding carboxylic acids is 1. The molecular weight excluding hydrogens is 448 g/mol. The number of anilines is 1. The van der Waals surface area contributed by atoms with Crippen molar-refractivity contribution in [2.24, 2.45) is 0 Å². The summed E-state index contributed by atoms with van der Waals surface area (Å²) in [5.74, 6) is -0.103. The van der Waals surface area contributed by atoms with Crippen molar-refractivity contribution < 1.29 is 17.4 Å². The third-order valence-corrected chi connectivity index (χ3v) is 7.05. The van der Waals surface area contributed by atoms with Crippen LogP contribution in [0.5, 0.6) is 5.75 Å². The number of rotatable bonds is 11. The van der Waals surface area contributed by atoms with E-state index in [-0.39, 0.29) is 30.0 Å². The zero-order valence-corrected chi connectivity index (χ0v) is 21.0. The van der Waals surface area contributed by atoms with E-state index >= 15 is 0 Å². The molecule has 8 heteroatoms. The molecule has 176 valence electrons. The maximum absolute atomic E-state index is 13.4. The molecule has 0 fully saturated rings. The summed E-state index contributed by atoms with van der Waals surface area (Å²) in [6, 6.07) is 12.4. The van der Waals surface area contributed by atoms with Gasteiger partial charge >= 0.3 is 10.1 Å². The van der Waals surface area contributed by atoms with Crippen LogP contribution in [0.1, 0.15) is 57.0 Å². The lowest BCUT2D eigenvalue weighted by atomic mass is 10.1. The van der Waals surface area contributed by atoms with Crippen LogP contribution in [-0.2, 0) is 16.7 Å². The predicted molar refractivity (Wildman–Crippen MR) is 131 cm³/mol. The first-order chi connectivity index (χ1) is 15.2. The smallest absolute Gasteiger partial charge is 0.308 e. The summed E-state index contributed by atoms with van der Waals surface area (Å²) in [5, 5.41) is 0.382. The molecule has 1 unspecified atom stereocenters. The Labute approximate surface area is 197 Å². The summed E-state index contributed by atoms with van der Waals surface area (Å²) in [5.41, 5.74) is 1.91. The second-order valence-electron chi connectivity index (χ2n) is 7.56. The van der Waals surface area contributed by atoms with Crippen LogP contribution in [0.25, 0.3) is 0 Å². The summed E-state index contributed by atoms with van der Waals surface area (Å²) < 4.78 is 30.0. The van der Waals surface area contributed by atoms with E-state index in [4.69, 9.17) is 15.8 Å². The van der Waals surface area contributed by atoms with Crippen LogP contribution in [0.2, 0.25) is 5.02 Å². The molecular formula is C24H33ClN2O4S. The van der Waals surface area contributed by atoms with Crippen LogP contribution < -0.4 is 9.08 Å². The highest BCUT2D eigenvalue weighted by atomic mass is 35.5. The zero-order chi connectivity index (χ0) is 23.9. The van der Waals surface area contributed by atoms with Gasteiger partial charge < -0.3 is 14.0 Å². The minimum atomic E-state index is -3.73. The fourth-order valence-electron chi connectivity index (χ4n) is 3.35. The zero-order valence-electron chi connectivity index (χ0n) is 19.5. The molecule has 0 aromatic heterocycles. The quantitative estimate of drug-likeness (QED) is 0.405. The monoisotopic (exact) mass is 480 g/mol. The largest absolute Gasteiger partial charge is 0.382 e. The number of amides is 1. The van der Waals surface area contributed by atoms with Gasteiger partial charge in [0, 0.05) is 43.0 Å². The van der Waals surface area contributed by atoms with Crippen LogP contribution in [0.15, 0.2) is 42.5 Å². The molecule has 2 rings (SSSR count). The van der Waals surface area contributed by atoms with Crippen LogP contribution >= 0.6 is 11.6 Å². The molecule has 1 atom stereocenters. The number of carbonyl (C=O) groups is 1. The van der Waals surface area contributed by atoms with E-state index in [1.807, 2.05) is 39.8 Å². The predicted octanol–water partition coefficient (Wildman–Crippen LogP) is 5.36. The fourth-order valence-corrected chi connectivity index (χ4v) is 4.12. The SMILES string of the molecule is CCC(C)N(Cc1ccc(N(CC)CC)cc1OS(=O)(=O)CC)C(=O)c1ccccc1Cl. The second-order valence-corrected chi connectivity index (χ2v) is 9.83. The number of hydrogen-bond acceptors (Lipinski definition) is 5. The van der Waals surface area contributed by atoms with Gasteiger partial charge in [-0.25, -0.2) is 0 Å². The van der Waals surface area contributed by atoms with Gasteiger partial charge in [0.15, 0.2) is 0 Å². The molecule has 2 aromatic carbocycles. The standard InChI is InChI=1S/C24H33ClN2O4S/c1-6-18(5)27(24(28)21-12-10-11-13-22(21)25)17-19-14-15-20(26(7-2)8-3)16-23(19)31-32(29,30)9-4/h10-16,18H,6-9,17H2,1-5H3. The summed E-state index contributed by atoms with van der Waals surface area (Å²) >= 11 is 6.28. The summed E-state index contributed by atoms with van der Waals surface area (Å²) in [4.78, 5) is 17.2. The van der Waals surface area contributed by atoms with Crippen LogP contribution in [0.4, 0.5) is 5.69 Å². The molecule has 0 N–H and O–H groups in total. The first kappa shape index (κ1) is 26.0. The Kier molecular flexibility index (Phi) is 9.40. The molecule has 1 amide bonds. The highest BCUT2D eigenvalue weighted by Crippen LogP contribution is 2.30. The van der Waals surface area contributed by atoms with Crippen molar-refractivity contribution in [1.29, 1.82) is 0 Å². The van der Waals surface area contributed by atoms with Crippen molar-refractivity contribution in [3.05, 3.63) is 58.6 Å². The number of benzene rings is 2. The Morgan fingerprint density at radius 1 is 1.06 bits per heavy atom. The van der Waals surface area contributed by atoms with E-state index in [0.717, 1.165) is 25.2 Å². The average molecular weight is 481 g/mol. The maximum Gasteiger partial charge on any atom is 0.308 e. The van der Waals surface area contributed by atoms with Crippen molar-refractivity contribution in [1.82, 2.24) is 4.90 Å². The first-order valence-electron chi connectivity index (χ1n) is 11.0. The van der Waals surface area contributed by atoms with Crippen LogP contribution in [-0.4, -0.2) is 44.1 Å². The fraction of sp³-hybridized carbons (Fsp3) is 0.458. The number of halogens is 1. The highest BCUT2D eigenvalue weighted by Gasteiger charge is 2.25. The lowest BCUT2D eigenvalue weighted by Gasteiger charge is -2.30. The topological polar surface area (TPSA) is 66.9 Å². The maximum atomic E-state index is 13.4. The van der Waals surface area contributed by atoms with Gasteiger partial charge in [0.1, 0.15) is 5.75 Å². The third-order valence-electron chi connectivity index (χ3n) is 5.58. The van der Waals surface area contributed by atoms with Gasteiger partial charge in [0.2, 0.25) is 0 Å². The molecule has 6 nitrogen and oxygen atoms in total. The molecule has 0 aliphatic heterocycles. The molecule has 0 saturated carbocycles. The molecule has 0 aliphatic rings. The third kappa shape index (κ3) is 6.39. The summed E-state index contributed by atoms with van der Waals surface area (Å²) in [7, 11) is -3.73. The average Bonchev–Trinajstić information content (AvgIpc) is 2.78. The number of hydrogen-bond donors (Lipinski definition) is 0. The van der Waals surface area contributed by atoms with Crippen molar-refractivity contribution in [3.8, 4) is 5.75 Å². The van der Waals surface area contributed by atoms with E-state index in [1.54, 1.807) is 35.2 Å². The van der Waals surface area contributed by atoms with Gasteiger partial charge in [-0.1, -0.05) is 36.7 Å². The van der Waals surface area contributed by atoms with Gasteiger partial charge in [-0.05, 0) is 52.3 Å². The van der Waals surface area contributed by atoms with Crippen LogP contribution in [0.3, 0.4) is 0 Å². The molecule has 0 aliphatic carbocycles.